The third-order valence-electron chi connectivity index (χ3n) is 10.7. The lowest BCUT2D eigenvalue weighted by Gasteiger charge is -2.55. The second-order valence-electron chi connectivity index (χ2n) is 14.4. The number of carbonyl (C=O) groups excluding carboxylic acids is 6. The first-order valence-corrected chi connectivity index (χ1v) is 15.3. The molecule has 0 aromatic heterocycles. The number of Topliss-reactive ketones (excluding diaryl/α,β-unsaturated/α-hetero) is 1. The van der Waals surface area contributed by atoms with Crippen LogP contribution in [0.3, 0.4) is 0 Å². The maximum atomic E-state index is 15.0. The summed E-state index contributed by atoms with van der Waals surface area (Å²) < 4.78 is 29.8. The molecule has 4 saturated carbocycles. The van der Waals surface area contributed by atoms with Crippen LogP contribution >= 0.6 is 0 Å². The van der Waals surface area contributed by atoms with Crippen molar-refractivity contribution in [3.05, 3.63) is 0 Å². The summed E-state index contributed by atoms with van der Waals surface area (Å²) in [6.45, 7) is 14.6. The van der Waals surface area contributed by atoms with Crippen molar-refractivity contribution >= 4 is 35.6 Å². The Morgan fingerprint density at radius 3 is 1.98 bits per heavy atom. The summed E-state index contributed by atoms with van der Waals surface area (Å²) in [5, 5.41) is 12.6. The molecular formula is C32H46O12. The summed E-state index contributed by atoms with van der Waals surface area (Å²) in [6, 6.07) is 0. The number of carbonyl (C=O) groups is 6. The third-order valence-corrected chi connectivity index (χ3v) is 10.7. The zero-order chi connectivity index (χ0) is 33.3. The first-order valence-electron chi connectivity index (χ1n) is 15.3. The van der Waals surface area contributed by atoms with E-state index >= 15 is 0 Å². The molecule has 246 valence electrons. The average Bonchev–Trinajstić information content (AvgIpc) is 3.32. The summed E-state index contributed by atoms with van der Waals surface area (Å²) in [5.41, 5.74) is -6.56. The number of aliphatic hydroxyl groups is 1. The normalized spacial score (nSPS) is 41.7. The van der Waals surface area contributed by atoms with Gasteiger partial charge in [-0.25, -0.2) is 0 Å². The van der Waals surface area contributed by atoms with Gasteiger partial charge in [-0.05, 0) is 42.9 Å². The summed E-state index contributed by atoms with van der Waals surface area (Å²) in [6.07, 6.45) is -3.68. The number of hydrogen-bond donors (Lipinski definition) is 1. The Morgan fingerprint density at radius 1 is 0.886 bits per heavy atom. The largest absolute Gasteiger partial charge is 0.465 e. The molecule has 4 aliphatic carbocycles. The van der Waals surface area contributed by atoms with Crippen LogP contribution in [0.25, 0.3) is 0 Å². The van der Waals surface area contributed by atoms with Gasteiger partial charge < -0.3 is 28.8 Å². The number of hydrogen-bond acceptors (Lipinski definition) is 12. The predicted molar refractivity (Wildman–Crippen MR) is 151 cm³/mol. The molecule has 4 fully saturated rings. The van der Waals surface area contributed by atoms with Crippen molar-refractivity contribution in [2.45, 2.75) is 112 Å². The molecule has 0 spiro atoms. The van der Waals surface area contributed by atoms with Gasteiger partial charge in [0.25, 0.3) is 0 Å². The lowest BCUT2D eigenvalue weighted by Crippen LogP contribution is -2.66. The van der Waals surface area contributed by atoms with E-state index in [1.807, 2.05) is 13.8 Å². The topological polar surface area (TPSA) is 169 Å². The summed E-state index contributed by atoms with van der Waals surface area (Å²) >= 11 is 0. The van der Waals surface area contributed by atoms with Gasteiger partial charge in [0.2, 0.25) is 5.78 Å². The summed E-state index contributed by atoms with van der Waals surface area (Å²) in [4.78, 5) is 78.9. The minimum absolute atomic E-state index is 0.123. The molecule has 0 aromatic rings. The molecule has 11 atom stereocenters. The molecule has 12 nitrogen and oxygen atoms in total. The molecule has 0 heterocycles. The molecule has 12 heteroatoms. The van der Waals surface area contributed by atoms with E-state index in [1.165, 1.54) is 27.7 Å². The van der Waals surface area contributed by atoms with E-state index in [9.17, 15) is 33.9 Å². The van der Waals surface area contributed by atoms with Crippen LogP contribution in [0, 0.1) is 46.3 Å². The van der Waals surface area contributed by atoms with E-state index < -0.39 is 106 Å². The van der Waals surface area contributed by atoms with Gasteiger partial charge in [0, 0.05) is 33.6 Å². The highest BCUT2D eigenvalue weighted by Gasteiger charge is 2.84. The van der Waals surface area contributed by atoms with E-state index in [1.54, 1.807) is 20.8 Å². The molecule has 0 saturated heterocycles. The van der Waals surface area contributed by atoms with Gasteiger partial charge >= 0.3 is 29.8 Å². The summed E-state index contributed by atoms with van der Waals surface area (Å²) in [7, 11) is 0. The van der Waals surface area contributed by atoms with Crippen molar-refractivity contribution in [3.63, 3.8) is 0 Å². The Hall–Kier alpha value is -3.02. The molecule has 4 aliphatic rings. The van der Waals surface area contributed by atoms with Crippen LogP contribution in [-0.2, 0) is 52.5 Å². The number of fused-ring (bicyclic) bond motifs is 4. The molecule has 0 radical (unpaired) electrons. The van der Waals surface area contributed by atoms with Crippen LogP contribution in [0.2, 0.25) is 0 Å². The molecule has 4 rings (SSSR count). The maximum Gasteiger partial charge on any atom is 0.308 e. The van der Waals surface area contributed by atoms with Gasteiger partial charge in [0.1, 0.15) is 30.5 Å². The van der Waals surface area contributed by atoms with Crippen molar-refractivity contribution in [1.82, 2.24) is 0 Å². The molecule has 0 amide bonds. The molecule has 0 aliphatic heterocycles. The minimum atomic E-state index is -2.32. The van der Waals surface area contributed by atoms with Crippen LogP contribution in [-0.4, -0.2) is 76.9 Å². The standard InChI is InChI=1S/C32H46O12/c1-14(2)27(37)43-26-23-24(42-18(6)35)15(3)12-32(23,39)28(38)30(10,44-19(7)36)25-22-20(29(22,8)9)11-21(41-17(5)34)31(25,26)13-40-16(4)33/h14-15,20-26,39H,11-13H2,1-10H3/t15-,20-,21-,22-,23+,24-,25-,26+,30-,31+,32+/m0/s1. The van der Waals surface area contributed by atoms with Gasteiger partial charge in [-0.3, -0.25) is 28.8 Å². The van der Waals surface area contributed by atoms with E-state index in [0.29, 0.717) is 0 Å². The van der Waals surface area contributed by atoms with Crippen molar-refractivity contribution in [3.8, 4) is 0 Å². The fourth-order valence-electron chi connectivity index (χ4n) is 9.12. The smallest absolute Gasteiger partial charge is 0.308 e. The third kappa shape index (κ3) is 5.10. The van der Waals surface area contributed by atoms with Gasteiger partial charge in [0.05, 0.1) is 17.3 Å². The van der Waals surface area contributed by atoms with Crippen LogP contribution in [0.5, 0.6) is 0 Å². The molecule has 44 heavy (non-hydrogen) atoms. The highest BCUT2D eigenvalue weighted by molar-refractivity contribution is 5.98. The highest BCUT2D eigenvalue weighted by atomic mass is 16.6. The molecule has 0 unspecified atom stereocenters. The lowest BCUT2D eigenvalue weighted by atomic mass is 9.55. The number of ketones is 1. The lowest BCUT2D eigenvalue weighted by molar-refractivity contribution is -0.240. The predicted octanol–water partition coefficient (Wildman–Crippen LogP) is 2.55. The fraction of sp³-hybridized carbons (Fsp3) is 0.812. The Bertz CT molecular complexity index is 1260. The van der Waals surface area contributed by atoms with Crippen LogP contribution in [0.4, 0.5) is 0 Å². The fourth-order valence-corrected chi connectivity index (χ4v) is 9.12. The number of rotatable bonds is 7. The van der Waals surface area contributed by atoms with Crippen molar-refractivity contribution < 1.29 is 57.6 Å². The molecule has 0 bridgehead atoms. The maximum absolute atomic E-state index is 15.0. The van der Waals surface area contributed by atoms with Gasteiger partial charge in [0.15, 0.2) is 5.60 Å². The zero-order valence-electron chi connectivity index (χ0n) is 27.3. The summed E-state index contributed by atoms with van der Waals surface area (Å²) in [5.74, 6) is -8.59. The number of ether oxygens (including phenoxy) is 5. The second kappa shape index (κ2) is 11.1. The Balaban J connectivity index is 2.17. The molecule has 0 aromatic carbocycles. The first-order chi connectivity index (χ1) is 20.2. The van der Waals surface area contributed by atoms with Crippen molar-refractivity contribution in [1.29, 1.82) is 0 Å². The van der Waals surface area contributed by atoms with Gasteiger partial charge in [-0.15, -0.1) is 0 Å². The highest BCUT2D eigenvalue weighted by Crippen LogP contribution is 2.76. The Morgan fingerprint density at radius 2 is 1.48 bits per heavy atom. The first kappa shape index (κ1) is 33.9. The van der Waals surface area contributed by atoms with E-state index in [2.05, 4.69) is 0 Å². The Kier molecular flexibility index (Phi) is 8.54. The minimum Gasteiger partial charge on any atom is -0.465 e. The monoisotopic (exact) mass is 622 g/mol. The van der Waals surface area contributed by atoms with Crippen molar-refractivity contribution in [2.75, 3.05) is 6.61 Å². The van der Waals surface area contributed by atoms with Gasteiger partial charge in [-0.1, -0.05) is 34.6 Å². The average molecular weight is 623 g/mol. The van der Waals surface area contributed by atoms with E-state index in [4.69, 9.17) is 23.7 Å². The van der Waals surface area contributed by atoms with Gasteiger partial charge in [-0.2, -0.15) is 0 Å². The van der Waals surface area contributed by atoms with E-state index in [-0.39, 0.29) is 24.7 Å². The SMILES string of the molecule is CC(=O)OC[C@@]12[C@@H](OC(C)=O)C[C@H]3[C@@H]([C@H]1[C@](C)(OC(C)=O)C(=O)[C@@]1(O)C[C@H](C)[C@H](OC(C)=O)[C@@H]1[C@H]2OC(=O)C(C)C)C3(C)C. The molecular weight excluding hydrogens is 576 g/mol. The Labute approximate surface area is 257 Å². The van der Waals surface area contributed by atoms with Crippen LogP contribution < -0.4 is 0 Å². The molecule has 1 N–H and O–H groups in total. The number of esters is 5. The van der Waals surface area contributed by atoms with Crippen molar-refractivity contribution in [2.24, 2.45) is 46.3 Å². The van der Waals surface area contributed by atoms with Crippen LogP contribution in [0.15, 0.2) is 0 Å². The van der Waals surface area contributed by atoms with Crippen LogP contribution in [0.1, 0.15) is 82.1 Å². The second-order valence-corrected chi connectivity index (χ2v) is 14.4. The zero-order valence-corrected chi connectivity index (χ0v) is 27.3. The quantitative estimate of drug-likeness (QED) is 0.326. The van der Waals surface area contributed by atoms with E-state index in [0.717, 1.165) is 6.92 Å².